The number of pyridine rings is 1. The third-order valence-electron chi connectivity index (χ3n) is 5.09. The summed E-state index contributed by atoms with van der Waals surface area (Å²) >= 11 is 0. The predicted molar refractivity (Wildman–Crippen MR) is 105 cm³/mol. The van der Waals surface area contributed by atoms with Crippen LogP contribution < -0.4 is 5.11 Å². The Morgan fingerprint density at radius 1 is 1.14 bits per heavy atom. The maximum Gasteiger partial charge on any atom is 0.276 e. The van der Waals surface area contributed by atoms with Crippen molar-refractivity contribution in [2.24, 2.45) is 5.92 Å². The highest BCUT2D eigenvalue weighted by atomic mass is 16.6. The second kappa shape index (κ2) is 6.88. The van der Waals surface area contributed by atoms with E-state index < -0.39 is 10.9 Å². The number of benzene rings is 2. The van der Waals surface area contributed by atoms with Crippen LogP contribution >= 0.6 is 0 Å². The molecule has 0 bridgehead atoms. The van der Waals surface area contributed by atoms with Gasteiger partial charge in [0.05, 0.1) is 27.7 Å². The lowest BCUT2D eigenvalue weighted by Crippen LogP contribution is -2.27. The van der Waals surface area contributed by atoms with Crippen molar-refractivity contribution in [2.45, 2.75) is 19.8 Å². The summed E-state index contributed by atoms with van der Waals surface area (Å²) in [5, 5.41) is 23.9. The maximum atomic E-state index is 12.0. The number of fused-ring (bicyclic) bond motifs is 2. The normalized spacial score (nSPS) is 17.5. The molecule has 1 atom stereocenters. The van der Waals surface area contributed by atoms with Crippen molar-refractivity contribution in [2.75, 3.05) is 0 Å². The molecule has 0 saturated carbocycles. The van der Waals surface area contributed by atoms with Crippen molar-refractivity contribution in [3.05, 3.63) is 81.0 Å². The number of carboxylic acids is 1. The smallest absolute Gasteiger partial charge is 0.276 e. The highest BCUT2D eigenvalue weighted by Crippen LogP contribution is 2.39. The molecule has 0 spiro atoms. The number of carboxylic acid groups (broad SMARTS) is 1. The van der Waals surface area contributed by atoms with Gasteiger partial charge in [-0.05, 0) is 48.1 Å². The summed E-state index contributed by atoms with van der Waals surface area (Å²) in [6.45, 7) is 2.03. The molecule has 0 unspecified atom stereocenters. The Morgan fingerprint density at radius 3 is 2.61 bits per heavy atom. The number of para-hydroxylation sites is 2. The first-order chi connectivity index (χ1) is 13.5. The van der Waals surface area contributed by atoms with Crippen LogP contribution in [0.15, 0.2) is 48.5 Å². The van der Waals surface area contributed by atoms with Crippen molar-refractivity contribution in [3.63, 3.8) is 0 Å². The van der Waals surface area contributed by atoms with Crippen LogP contribution in [0.3, 0.4) is 0 Å². The second-order valence-electron chi connectivity index (χ2n) is 7.12. The average molecular weight is 373 g/mol. The van der Waals surface area contributed by atoms with E-state index in [2.05, 4.69) is 0 Å². The molecular formula is C22H17N2O4-. The Bertz CT molecular complexity index is 1150. The molecule has 0 amide bonds. The molecule has 2 aromatic carbocycles. The first-order valence-electron chi connectivity index (χ1n) is 9.03. The molecule has 0 N–H and O–H groups in total. The van der Waals surface area contributed by atoms with Crippen LogP contribution in [-0.2, 0) is 6.42 Å². The van der Waals surface area contributed by atoms with Gasteiger partial charge in [0.1, 0.15) is 0 Å². The van der Waals surface area contributed by atoms with Gasteiger partial charge in [0, 0.05) is 17.0 Å². The quantitative estimate of drug-likeness (QED) is 0.516. The Labute approximate surface area is 161 Å². The minimum Gasteiger partial charge on any atom is -0.545 e. The Balaban J connectivity index is 2.00. The van der Waals surface area contributed by atoms with E-state index in [-0.39, 0.29) is 17.2 Å². The van der Waals surface area contributed by atoms with Crippen LogP contribution in [0.1, 0.15) is 40.5 Å². The molecule has 0 radical (unpaired) electrons. The molecule has 0 saturated heterocycles. The monoisotopic (exact) mass is 373 g/mol. The predicted octanol–water partition coefficient (Wildman–Crippen LogP) is 3.63. The van der Waals surface area contributed by atoms with E-state index in [1.54, 1.807) is 48.5 Å². The number of aromatic nitrogens is 1. The van der Waals surface area contributed by atoms with Gasteiger partial charge in [-0.3, -0.25) is 10.1 Å². The molecule has 0 aliphatic heterocycles. The molecule has 1 aliphatic carbocycles. The zero-order valence-electron chi connectivity index (χ0n) is 15.2. The first-order valence-corrected chi connectivity index (χ1v) is 9.03. The molecule has 0 fully saturated rings. The molecule has 1 aliphatic rings. The van der Waals surface area contributed by atoms with Crippen LogP contribution in [0.5, 0.6) is 0 Å². The largest absolute Gasteiger partial charge is 0.545 e. The first kappa shape index (κ1) is 17.9. The number of carbonyl (C=O) groups excluding carboxylic acids is 1. The van der Waals surface area contributed by atoms with Crippen molar-refractivity contribution in [1.82, 2.24) is 4.98 Å². The SMILES string of the molecule is C[C@@H]1C/C(=C\c2ccccc2[N+](=O)[O-])c2nc3ccccc3c(C(=O)[O-])c2C1. The number of carbonyl (C=O) groups is 1. The summed E-state index contributed by atoms with van der Waals surface area (Å²) in [6.07, 6.45) is 3.00. The van der Waals surface area contributed by atoms with Gasteiger partial charge in [0.25, 0.3) is 5.69 Å². The lowest BCUT2D eigenvalue weighted by molar-refractivity contribution is -0.385. The van der Waals surface area contributed by atoms with E-state index in [4.69, 9.17) is 4.98 Å². The minimum atomic E-state index is -1.23. The Morgan fingerprint density at radius 2 is 1.86 bits per heavy atom. The molecule has 4 rings (SSSR count). The molecule has 6 nitrogen and oxygen atoms in total. The van der Waals surface area contributed by atoms with Crippen LogP contribution in [0.25, 0.3) is 22.6 Å². The number of hydrogen-bond donors (Lipinski definition) is 0. The van der Waals surface area contributed by atoms with Crippen molar-refractivity contribution in [1.29, 1.82) is 0 Å². The zero-order valence-corrected chi connectivity index (χ0v) is 15.2. The van der Waals surface area contributed by atoms with Crippen molar-refractivity contribution >= 4 is 34.2 Å². The third-order valence-corrected chi connectivity index (χ3v) is 5.09. The van der Waals surface area contributed by atoms with E-state index in [1.807, 2.05) is 6.92 Å². The lowest BCUT2D eigenvalue weighted by Gasteiger charge is -2.27. The Hall–Kier alpha value is -3.54. The molecule has 1 heterocycles. The molecular weight excluding hydrogens is 356 g/mol. The fourth-order valence-corrected chi connectivity index (χ4v) is 3.93. The molecule has 140 valence electrons. The van der Waals surface area contributed by atoms with Gasteiger partial charge in [-0.25, -0.2) is 4.98 Å². The van der Waals surface area contributed by atoms with Gasteiger partial charge in [-0.15, -0.1) is 0 Å². The van der Waals surface area contributed by atoms with Gasteiger partial charge in [-0.2, -0.15) is 0 Å². The highest BCUT2D eigenvalue weighted by molar-refractivity contribution is 6.05. The summed E-state index contributed by atoms with van der Waals surface area (Å²) in [7, 11) is 0. The number of rotatable bonds is 3. The number of nitrogens with zero attached hydrogens (tertiary/aromatic N) is 2. The summed E-state index contributed by atoms with van der Waals surface area (Å²) in [4.78, 5) is 27.6. The number of hydrogen-bond acceptors (Lipinski definition) is 5. The third kappa shape index (κ3) is 3.03. The van der Waals surface area contributed by atoms with E-state index in [0.29, 0.717) is 40.6 Å². The zero-order chi connectivity index (χ0) is 19.8. The van der Waals surface area contributed by atoms with E-state index >= 15 is 0 Å². The van der Waals surface area contributed by atoms with Crippen LogP contribution in [0.4, 0.5) is 5.69 Å². The van der Waals surface area contributed by atoms with Gasteiger partial charge in [-0.1, -0.05) is 37.3 Å². The maximum absolute atomic E-state index is 12.0. The van der Waals surface area contributed by atoms with Gasteiger partial charge in [0.2, 0.25) is 0 Å². The average Bonchev–Trinajstić information content (AvgIpc) is 2.66. The summed E-state index contributed by atoms with van der Waals surface area (Å²) < 4.78 is 0. The number of allylic oxidation sites excluding steroid dienone is 1. The van der Waals surface area contributed by atoms with E-state index in [9.17, 15) is 20.0 Å². The number of nitro benzene ring substituents is 1. The molecule has 6 heteroatoms. The lowest BCUT2D eigenvalue weighted by atomic mass is 9.80. The van der Waals surface area contributed by atoms with Crippen molar-refractivity contribution < 1.29 is 14.8 Å². The summed E-state index contributed by atoms with van der Waals surface area (Å²) in [5.74, 6) is -1.04. The van der Waals surface area contributed by atoms with Gasteiger partial charge >= 0.3 is 0 Å². The topological polar surface area (TPSA) is 96.2 Å². The van der Waals surface area contributed by atoms with E-state index in [1.165, 1.54) is 6.07 Å². The standard InChI is InChI=1S/C22H18N2O4/c1-13-10-15(12-14-6-2-5-9-19(14)24(27)28)21-17(11-13)20(22(25)26)16-7-3-4-8-18(16)23-21/h2-9,12-13H,10-11H2,1H3,(H,25,26)/p-1/b15-12+/t13-/m1/s1. The van der Waals surface area contributed by atoms with Crippen molar-refractivity contribution in [3.8, 4) is 0 Å². The molecule has 1 aromatic heterocycles. The molecule has 28 heavy (non-hydrogen) atoms. The second-order valence-corrected chi connectivity index (χ2v) is 7.12. The number of nitro groups is 1. The highest BCUT2D eigenvalue weighted by Gasteiger charge is 2.26. The fourth-order valence-electron chi connectivity index (χ4n) is 3.93. The van der Waals surface area contributed by atoms with Crippen LogP contribution in [0.2, 0.25) is 0 Å². The van der Waals surface area contributed by atoms with Gasteiger partial charge in [0.15, 0.2) is 0 Å². The van der Waals surface area contributed by atoms with Crippen LogP contribution in [-0.4, -0.2) is 15.9 Å². The van der Waals surface area contributed by atoms with Crippen LogP contribution in [0, 0.1) is 16.0 Å². The number of aromatic carboxylic acids is 1. The van der Waals surface area contributed by atoms with Gasteiger partial charge < -0.3 is 9.90 Å². The Kier molecular flexibility index (Phi) is 4.39. The molecule has 3 aromatic rings. The van der Waals surface area contributed by atoms with E-state index in [0.717, 1.165) is 5.57 Å². The summed E-state index contributed by atoms with van der Waals surface area (Å²) in [6, 6.07) is 13.6. The summed E-state index contributed by atoms with van der Waals surface area (Å²) in [5.41, 5.74) is 3.26. The minimum absolute atomic E-state index is 0.00990. The fraction of sp³-hybridized carbons (Fsp3) is 0.182.